The third-order valence-corrected chi connectivity index (χ3v) is 3.14. The van der Waals surface area contributed by atoms with Crippen LogP contribution in [0.1, 0.15) is 60.3 Å². The third-order valence-electron chi connectivity index (χ3n) is 3.14. The molecule has 0 aliphatic carbocycles. The van der Waals surface area contributed by atoms with Gasteiger partial charge in [0.2, 0.25) is 0 Å². The Balaban J connectivity index is 4.10. The van der Waals surface area contributed by atoms with E-state index < -0.39 is 0 Å². The van der Waals surface area contributed by atoms with Crippen molar-refractivity contribution in [2.45, 2.75) is 65.9 Å². The second-order valence-electron chi connectivity index (χ2n) is 4.99. The number of hydrogen-bond acceptors (Lipinski definition) is 1. The smallest absolute Gasteiger partial charge is 0.0678 e. The van der Waals surface area contributed by atoms with Crippen molar-refractivity contribution in [3.63, 3.8) is 0 Å². The van der Waals surface area contributed by atoms with Gasteiger partial charge in [0.25, 0.3) is 0 Å². The van der Waals surface area contributed by atoms with Gasteiger partial charge in [0.05, 0.1) is 12.2 Å². The van der Waals surface area contributed by atoms with Crippen LogP contribution >= 0.6 is 0 Å². The van der Waals surface area contributed by atoms with Crippen LogP contribution in [-0.2, 0) is 4.74 Å². The van der Waals surface area contributed by atoms with Crippen molar-refractivity contribution in [1.29, 1.82) is 0 Å². The summed E-state index contributed by atoms with van der Waals surface area (Å²) in [5, 5.41) is 0. The largest absolute Gasteiger partial charge is 0.371 e. The Labute approximate surface area is 102 Å². The van der Waals surface area contributed by atoms with Crippen LogP contribution in [0.25, 0.3) is 0 Å². The van der Waals surface area contributed by atoms with Gasteiger partial charge in [-0.25, -0.2) is 0 Å². The molecule has 0 aliphatic rings. The Hall–Kier alpha value is -0.560. The number of ether oxygens (including phenoxy) is 1. The predicted octanol–water partition coefficient (Wildman–Crippen LogP) is 4.88. The highest BCUT2D eigenvalue weighted by atomic mass is 16.5. The van der Waals surface area contributed by atoms with Crippen LogP contribution in [0.2, 0.25) is 0 Å². The minimum atomic E-state index is 0.00344. The van der Waals surface area contributed by atoms with E-state index in [9.17, 15) is 0 Å². The van der Waals surface area contributed by atoms with Gasteiger partial charge in [0, 0.05) is 0 Å². The van der Waals surface area contributed by atoms with Gasteiger partial charge in [-0.2, -0.15) is 0 Å². The molecule has 0 saturated carbocycles. The third kappa shape index (κ3) is 6.84. The molecule has 0 aliphatic heterocycles. The topological polar surface area (TPSA) is 9.23 Å². The lowest BCUT2D eigenvalue weighted by Gasteiger charge is -2.28. The van der Waals surface area contributed by atoms with Gasteiger partial charge < -0.3 is 4.74 Å². The van der Waals surface area contributed by atoms with Crippen LogP contribution in [0.5, 0.6) is 0 Å². The van der Waals surface area contributed by atoms with Crippen molar-refractivity contribution < 1.29 is 4.74 Å². The van der Waals surface area contributed by atoms with E-state index in [1.165, 1.54) is 5.57 Å². The molecule has 0 radical (unpaired) electrons. The normalized spacial score (nSPS) is 15.9. The molecule has 16 heavy (non-hydrogen) atoms. The summed E-state index contributed by atoms with van der Waals surface area (Å²) in [6, 6.07) is 0. The zero-order chi connectivity index (χ0) is 12.6. The first-order chi connectivity index (χ1) is 7.43. The SMILES string of the molecule is C=C(C)COC(C)(CC)CCC=C(C)CC. The number of allylic oxidation sites excluding steroid dienone is 2. The van der Waals surface area contributed by atoms with E-state index in [-0.39, 0.29) is 5.60 Å². The van der Waals surface area contributed by atoms with E-state index in [0.29, 0.717) is 6.61 Å². The minimum Gasteiger partial charge on any atom is -0.371 e. The molecule has 1 nitrogen and oxygen atoms in total. The van der Waals surface area contributed by atoms with E-state index >= 15 is 0 Å². The summed E-state index contributed by atoms with van der Waals surface area (Å²) in [7, 11) is 0. The molecule has 0 N–H and O–H groups in total. The van der Waals surface area contributed by atoms with Crippen LogP contribution in [0.3, 0.4) is 0 Å². The summed E-state index contributed by atoms with van der Waals surface area (Å²) in [6.07, 6.45) is 6.74. The molecule has 0 amide bonds. The van der Waals surface area contributed by atoms with Crippen LogP contribution in [0.15, 0.2) is 23.8 Å². The average molecular weight is 224 g/mol. The standard InChI is InChI=1S/C15H28O/c1-7-14(5)10-9-11-15(6,8-2)16-12-13(3)4/h10H,3,7-9,11-12H2,1-2,4-6H3. The summed E-state index contributed by atoms with van der Waals surface area (Å²) < 4.78 is 5.93. The Bertz CT molecular complexity index is 240. The van der Waals surface area contributed by atoms with Crippen molar-refractivity contribution in [3.05, 3.63) is 23.8 Å². The maximum atomic E-state index is 5.93. The zero-order valence-corrected chi connectivity index (χ0v) is 11.7. The van der Waals surface area contributed by atoms with Gasteiger partial charge in [-0.1, -0.05) is 37.6 Å². The maximum Gasteiger partial charge on any atom is 0.0678 e. The molecular formula is C15H28O. The predicted molar refractivity (Wildman–Crippen MR) is 72.7 cm³/mol. The second-order valence-corrected chi connectivity index (χ2v) is 4.99. The molecule has 1 atom stereocenters. The lowest BCUT2D eigenvalue weighted by atomic mass is 9.96. The molecule has 0 spiro atoms. The molecule has 0 aromatic rings. The lowest BCUT2D eigenvalue weighted by molar-refractivity contribution is -0.0278. The first kappa shape index (κ1) is 15.4. The maximum absolute atomic E-state index is 5.93. The first-order valence-electron chi connectivity index (χ1n) is 6.37. The van der Waals surface area contributed by atoms with Crippen LogP contribution < -0.4 is 0 Å². The summed E-state index contributed by atoms with van der Waals surface area (Å²) in [4.78, 5) is 0. The van der Waals surface area contributed by atoms with Crippen LogP contribution in [-0.4, -0.2) is 12.2 Å². The van der Waals surface area contributed by atoms with E-state index in [0.717, 1.165) is 31.3 Å². The molecule has 0 aromatic carbocycles. The van der Waals surface area contributed by atoms with Crippen LogP contribution in [0.4, 0.5) is 0 Å². The first-order valence-corrected chi connectivity index (χ1v) is 6.37. The molecule has 0 rings (SSSR count). The summed E-state index contributed by atoms with van der Waals surface area (Å²) >= 11 is 0. The van der Waals surface area contributed by atoms with Gasteiger partial charge in [-0.05, 0) is 46.5 Å². The number of rotatable bonds is 8. The van der Waals surface area contributed by atoms with Crippen molar-refractivity contribution in [1.82, 2.24) is 0 Å². The van der Waals surface area contributed by atoms with Crippen molar-refractivity contribution in [2.75, 3.05) is 6.61 Å². The molecule has 0 heterocycles. The monoisotopic (exact) mass is 224 g/mol. The molecule has 0 aromatic heterocycles. The minimum absolute atomic E-state index is 0.00344. The number of hydrogen-bond donors (Lipinski definition) is 0. The van der Waals surface area contributed by atoms with E-state index in [1.54, 1.807) is 0 Å². The molecule has 0 bridgehead atoms. The lowest BCUT2D eigenvalue weighted by Crippen LogP contribution is -2.28. The summed E-state index contributed by atoms with van der Waals surface area (Å²) in [6.45, 7) is 15.3. The van der Waals surface area contributed by atoms with Crippen molar-refractivity contribution in [3.8, 4) is 0 Å². The molecule has 0 fully saturated rings. The summed E-state index contributed by atoms with van der Waals surface area (Å²) in [5.41, 5.74) is 2.57. The van der Waals surface area contributed by atoms with Crippen molar-refractivity contribution >= 4 is 0 Å². The fourth-order valence-electron chi connectivity index (χ4n) is 1.42. The molecule has 1 heteroatoms. The molecule has 1 unspecified atom stereocenters. The van der Waals surface area contributed by atoms with Gasteiger partial charge in [0.15, 0.2) is 0 Å². The Morgan fingerprint density at radius 3 is 2.38 bits per heavy atom. The van der Waals surface area contributed by atoms with E-state index in [4.69, 9.17) is 4.74 Å². The van der Waals surface area contributed by atoms with Crippen LogP contribution in [0, 0.1) is 0 Å². The Kier molecular flexibility index (Phi) is 7.40. The second kappa shape index (κ2) is 7.67. The van der Waals surface area contributed by atoms with Gasteiger partial charge >= 0.3 is 0 Å². The van der Waals surface area contributed by atoms with Gasteiger partial charge in [-0.15, -0.1) is 0 Å². The molecule has 94 valence electrons. The fourth-order valence-corrected chi connectivity index (χ4v) is 1.42. The highest BCUT2D eigenvalue weighted by molar-refractivity contribution is 4.97. The average Bonchev–Trinajstić information content (AvgIpc) is 2.26. The van der Waals surface area contributed by atoms with Gasteiger partial charge in [0.1, 0.15) is 0 Å². The Morgan fingerprint density at radius 2 is 1.94 bits per heavy atom. The van der Waals surface area contributed by atoms with Gasteiger partial charge in [-0.3, -0.25) is 0 Å². The molecular weight excluding hydrogens is 196 g/mol. The quantitative estimate of drug-likeness (QED) is 0.534. The van der Waals surface area contributed by atoms with E-state index in [1.807, 2.05) is 6.92 Å². The highest BCUT2D eigenvalue weighted by Gasteiger charge is 2.21. The van der Waals surface area contributed by atoms with Crippen molar-refractivity contribution in [2.24, 2.45) is 0 Å². The summed E-state index contributed by atoms with van der Waals surface area (Å²) in [5.74, 6) is 0. The fraction of sp³-hybridized carbons (Fsp3) is 0.733. The van der Waals surface area contributed by atoms with E-state index in [2.05, 4.69) is 40.3 Å². The highest BCUT2D eigenvalue weighted by Crippen LogP contribution is 2.23. The molecule has 0 saturated heterocycles. The Morgan fingerprint density at radius 1 is 1.31 bits per heavy atom. The zero-order valence-electron chi connectivity index (χ0n) is 11.7.